The number of unbranched alkanes of at least 4 members (excludes halogenated alkanes) is 1. The van der Waals surface area contributed by atoms with Crippen LogP contribution in [0.1, 0.15) is 28.8 Å². The molecule has 6 aromatic carbocycles. The molecule has 0 bridgehead atoms. The quantitative estimate of drug-likeness (QED) is 0.0751. The lowest BCUT2D eigenvalue weighted by molar-refractivity contribution is 0.0635. The molecule has 1 fully saturated rings. The predicted octanol–water partition coefficient (Wildman–Crippen LogP) is 9.88. The average molecular weight is 837 g/mol. The number of phenols is 1. The van der Waals surface area contributed by atoms with E-state index in [1.54, 1.807) is 18.2 Å². The number of fused-ring (bicyclic) bond motifs is 2. The number of nitrogens with zero attached hydrogens (tertiary/aromatic N) is 3. The van der Waals surface area contributed by atoms with Crippen LogP contribution >= 0.6 is 7.26 Å². The van der Waals surface area contributed by atoms with Gasteiger partial charge in [-0.25, -0.2) is 0 Å². The maximum Gasteiger partial charge on any atom is 0.253 e. The summed E-state index contributed by atoms with van der Waals surface area (Å²) >= 11 is 0. The van der Waals surface area contributed by atoms with Gasteiger partial charge in [0.15, 0.2) is 5.43 Å². The van der Waals surface area contributed by atoms with E-state index >= 15 is 0 Å². The molecule has 0 spiro atoms. The van der Waals surface area contributed by atoms with Crippen LogP contribution in [0.2, 0.25) is 0 Å². The molecule has 1 saturated heterocycles. The minimum atomic E-state index is -1.85. The molecule has 0 atom stereocenters. The van der Waals surface area contributed by atoms with Crippen molar-refractivity contribution in [3.05, 3.63) is 191 Å². The number of piperazine rings is 1. The zero-order valence-corrected chi connectivity index (χ0v) is 36.2. The summed E-state index contributed by atoms with van der Waals surface area (Å²) in [4.78, 5) is 33.1. The van der Waals surface area contributed by atoms with Gasteiger partial charge in [0, 0.05) is 78.8 Å². The first-order chi connectivity index (χ1) is 30.3. The first-order valence-corrected chi connectivity index (χ1v) is 23.5. The van der Waals surface area contributed by atoms with Crippen molar-refractivity contribution >= 4 is 51.4 Å². The van der Waals surface area contributed by atoms with Gasteiger partial charge in [0.1, 0.15) is 40.3 Å². The van der Waals surface area contributed by atoms with Crippen LogP contribution in [0.15, 0.2) is 179 Å². The molecule has 1 amide bonds. The fourth-order valence-electron chi connectivity index (χ4n) is 9.18. The number of hydrogen-bond acceptors (Lipinski definition) is 6. The maximum atomic E-state index is 14.0. The number of carbonyl (C=O) groups is 1. The second kappa shape index (κ2) is 17.8. The Morgan fingerprint density at radius 2 is 1.26 bits per heavy atom. The summed E-state index contributed by atoms with van der Waals surface area (Å²) in [5, 5.41) is 15.0. The number of aryl methyl sites for hydroxylation is 1. The molecule has 7 nitrogen and oxygen atoms in total. The molecule has 0 radical (unpaired) electrons. The SMILES string of the molecule is Cc1cc(C(=O)N2CCN(CCCC[P+](c3ccccc3)(c3ccccc3)c3ccccc3)CC2)ccc1-c1c2ccc(=O)cc-2oc2cc(N(C)c3ccc(O)cc3)ccc12. The monoisotopic (exact) mass is 836 g/mol. The van der Waals surface area contributed by atoms with Gasteiger partial charge < -0.3 is 19.3 Å². The Labute approximate surface area is 364 Å². The van der Waals surface area contributed by atoms with Crippen molar-refractivity contribution in [3.63, 3.8) is 0 Å². The van der Waals surface area contributed by atoms with Gasteiger partial charge >= 0.3 is 0 Å². The first-order valence-electron chi connectivity index (χ1n) is 21.5. The van der Waals surface area contributed by atoms with Crippen molar-refractivity contribution in [1.82, 2.24) is 9.80 Å². The molecule has 310 valence electrons. The van der Waals surface area contributed by atoms with E-state index in [1.807, 2.05) is 72.3 Å². The summed E-state index contributed by atoms with van der Waals surface area (Å²) in [6.45, 7) is 6.17. The predicted molar refractivity (Wildman–Crippen MR) is 257 cm³/mol. The minimum absolute atomic E-state index is 0.0538. The van der Waals surface area contributed by atoms with Gasteiger partial charge in [0.05, 0.1) is 6.16 Å². The van der Waals surface area contributed by atoms with Crippen molar-refractivity contribution < 1.29 is 14.3 Å². The van der Waals surface area contributed by atoms with Crippen LogP contribution in [0.4, 0.5) is 11.4 Å². The number of carbonyl (C=O) groups excluding carboxylic acids is 1. The van der Waals surface area contributed by atoms with Crippen molar-refractivity contribution in [2.75, 3.05) is 50.8 Å². The number of rotatable bonds is 12. The normalized spacial score (nSPS) is 13.4. The standard InChI is InChI=1S/C54H50N3O4P/c1-39-36-40(20-27-48(39)53-49-28-23-42(55(2)41-21-24-43(58)25-22-41)37-51(49)61-52-38-44(59)26-29-50(52)53)54(60)57-33-31-56(32-34-57)30-12-13-35-62(45-14-6-3-7-15-45,46-16-8-4-9-17-46)47-18-10-5-11-19-47/h3-11,14-29,36-38H,12-13,30-35H2,1-2H3/p+1. The smallest absolute Gasteiger partial charge is 0.253 e. The van der Waals surface area contributed by atoms with Crippen LogP contribution in [0.25, 0.3) is 33.4 Å². The number of aromatic hydroxyl groups is 1. The van der Waals surface area contributed by atoms with E-state index in [4.69, 9.17) is 4.42 Å². The Kier molecular flexibility index (Phi) is 11.7. The molecule has 62 heavy (non-hydrogen) atoms. The second-order valence-corrected chi connectivity index (χ2v) is 19.9. The van der Waals surface area contributed by atoms with Gasteiger partial charge in [0.2, 0.25) is 0 Å². The summed E-state index contributed by atoms with van der Waals surface area (Å²) in [7, 11) is 0.112. The lowest BCUT2D eigenvalue weighted by Gasteiger charge is -2.35. The number of hydrogen-bond donors (Lipinski definition) is 1. The van der Waals surface area contributed by atoms with Crippen molar-refractivity contribution in [1.29, 1.82) is 0 Å². The zero-order valence-electron chi connectivity index (χ0n) is 35.3. The van der Waals surface area contributed by atoms with E-state index in [1.165, 1.54) is 22.0 Å². The summed E-state index contributed by atoms with van der Waals surface area (Å²) in [5.74, 6) is 0.767. The van der Waals surface area contributed by atoms with Gasteiger partial charge in [-0.15, -0.1) is 0 Å². The van der Waals surface area contributed by atoms with E-state index in [0.29, 0.717) is 30.0 Å². The second-order valence-electron chi connectivity index (χ2n) is 16.3. The van der Waals surface area contributed by atoms with Crippen molar-refractivity contribution in [3.8, 4) is 28.2 Å². The molecular weight excluding hydrogens is 786 g/mol. The molecule has 8 heteroatoms. The van der Waals surface area contributed by atoms with Crippen LogP contribution in [0, 0.1) is 6.92 Å². The molecule has 3 aliphatic rings. The van der Waals surface area contributed by atoms with Crippen LogP contribution in [-0.2, 0) is 0 Å². The summed E-state index contributed by atoms with van der Waals surface area (Å²) in [6.07, 6.45) is 3.33. The summed E-state index contributed by atoms with van der Waals surface area (Å²) < 4.78 is 6.40. The Balaban J connectivity index is 0.886. The van der Waals surface area contributed by atoms with E-state index in [-0.39, 0.29) is 17.1 Å². The minimum Gasteiger partial charge on any atom is -0.508 e. The molecule has 1 aliphatic carbocycles. The molecular formula is C54H51N3O4P+. The number of amides is 1. The molecule has 0 aromatic heterocycles. The number of anilines is 2. The first kappa shape index (κ1) is 40.9. The van der Waals surface area contributed by atoms with E-state index in [2.05, 4.69) is 102 Å². The Morgan fingerprint density at radius 1 is 0.661 bits per heavy atom. The van der Waals surface area contributed by atoms with Gasteiger partial charge in [0.25, 0.3) is 5.91 Å². The van der Waals surface area contributed by atoms with E-state index in [9.17, 15) is 14.7 Å². The highest BCUT2D eigenvalue weighted by Gasteiger charge is 2.44. The molecule has 2 heterocycles. The van der Waals surface area contributed by atoms with Crippen LogP contribution in [0.5, 0.6) is 5.75 Å². The highest BCUT2D eigenvalue weighted by atomic mass is 31.2. The zero-order chi connectivity index (χ0) is 42.6. The van der Waals surface area contributed by atoms with Gasteiger partial charge in [-0.05, 0) is 134 Å². The van der Waals surface area contributed by atoms with Crippen molar-refractivity contribution in [2.45, 2.75) is 19.8 Å². The summed E-state index contributed by atoms with van der Waals surface area (Å²) in [6, 6.07) is 57.4. The molecule has 2 aliphatic heterocycles. The molecule has 6 aromatic rings. The topological polar surface area (TPSA) is 77.2 Å². The highest BCUT2D eigenvalue weighted by Crippen LogP contribution is 2.56. The highest BCUT2D eigenvalue weighted by molar-refractivity contribution is 7.95. The Hall–Kier alpha value is -6.53. The van der Waals surface area contributed by atoms with Gasteiger partial charge in [-0.1, -0.05) is 60.7 Å². The number of phenolic OH excluding ortho intramolecular Hbond substituents is 1. The third kappa shape index (κ3) is 8.14. The van der Waals surface area contributed by atoms with Crippen LogP contribution in [0.3, 0.4) is 0 Å². The fourth-order valence-corrected chi connectivity index (χ4v) is 13.6. The maximum absolute atomic E-state index is 14.0. The molecule has 0 saturated carbocycles. The average Bonchev–Trinajstić information content (AvgIpc) is 3.31. The van der Waals surface area contributed by atoms with E-state index in [0.717, 1.165) is 77.7 Å². The summed E-state index contributed by atoms with van der Waals surface area (Å²) in [5.41, 5.74) is 6.75. The van der Waals surface area contributed by atoms with Gasteiger partial charge in [-0.3, -0.25) is 14.5 Å². The lowest BCUT2D eigenvalue weighted by Crippen LogP contribution is -2.48. The number of benzene rings is 7. The third-order valence-corrected chi connectivity index (χ3v) is 17.0. The van der Waals surface area contributed by atoms with Gasteiger partial charge in [-0.2, -0.15) is 0 Å². The lowest BCUT2D eigenvalue weighted by atomic mass is 9.90. The molecule has 1 N–H and O–H groups in total. The molecule has 9 rings (SSSR count). The van der Waals surface area contributed by atoms with Crippen LogP contribution < -0.4 is 26.2 Å². The van der Waals surface area contributed by atoms with E-state index < -0.39 is 7.26 Å². The Morgan fingerprint density at radius 3 is 1.87 bits per heavy atom. The third-order valence-electron chi connectivity index (χ3n) is 12.5. The van der Waals surface area contributed by atoms with Crippen molar-refractivity contribution in [2.24, 2.45) is 0 Å². The van der Waals surface area contributed by atoms with Crippen LogP contribution in [-0.4, -0.2) is 66.7 Å². The Bertz CT molecular complexity index is 2740. The molecule has 0 unspecified atom stereocenters. The fraction of sp³-hybridized carbons (Fsp3) is 0.185. The largest absolute Gasteiger partial charge is 0.508 e.